The standard InChI is InChI=1S/C56H39N/c1-6-20-40(21-7-1)45-30-18-31-46(38-45)57(47-36-37-48(41-22-8-2-9-23-41)52(39-47)42-24-10-3-11-25-42)53-35-19-34-51-49-32-16-17-33-50(49)54(43-26-12-4-13-27-43)55(56(51)53)44-28-14-5-15-29-44/h1-39H. The second-order valence-electron chi connectivity index (χ2n) is 14.4. The largest absolute Gasteiger partial charge is 0.310 e. The highest BCUT2D eigenvalue weighted by Gasteiger charge is 2.24. The van der Waals surface area contributed by atoms with Crippen LogP contribution in [0, 0.1) is 0 Å². The molecule has 1 heteroatoms. The summed E-state index contributed by atoms with van der Waals surface area (Å²) in [7, 11) is 0. The number of rotatable bonds is 8. The van der Waals surface area contributed by atoms with Gasteiger partial charge in [0.25, 0.3) is 0 Å². The molecule has 0 saturated carbocycles. The number of anilines is 3. The molecule has 10 rings (SSSR count). The van der Waals surface area contributed by atoms with Crippen LogP contribution in [0.4, 0.5) is 17.1 Å². The Hall–Kier alpha value is -7.48. The van der Waals surface area contributed by atoms with Crippen molar-refractivity contribution in [1.82, 2.24) is 0 Å². The van der Waals surface area contributed by atoms with E-state index in [9.17, 15) is 0 Å². The summed E-state index contributed by atoms with van der Waals surface area (Å²) < 4.78 is 0. The Labute approximate surface area is 334 Å². The van der Waals surface area contributed by atoms with Gasteiger partial charge in [-0.25, -0.2) is 0 Å². The van der Waals surface area contributed by atoms with Crippen LogP contribution in [-0.2, 0) is 0 Å². The van der Waals surface area contributed by atoms with E-state index >= 15 is 0 Å². The van der Waals surface area contributed by atoms with Gasteiger partial charge in [-0.3, -0.25) is 0 Å². The van der Waals surface area contributed by atoms with Crippen LogP contribution in [0.25, 0.3) is 77.2 Å². The van der Waals surface area contributed by atoms with Crippen molar-refractivity contribution in [3.63, 3.8) is 0 Å². The zero-order valence-corrected chi connectivity index (χ0v) is 31.5. The van der Waals surface area contributed by atoms with Crippen molar-refractivity contribution in [3.8, 4) is 55.6 Å². The van der Waals surface area contributed by atoms with Gasteiger partial charge in [-0.15, -0.1) is 0 Å². The molecular weight excluding hydrogens is 687 g/mol. The molecule has 10 aromatic rings. The third-order valence-electron chi connectivity index (χ3n) is 11.0. The van der Waals surface area contributed by atoms with E-state index in [0.29, 0.717) is 0 Å². The molecule has 57 heavy (non-hydrogen) atoms. The third-order valence-corrected chi connectivity index (χ3v) is 11.0. The first kappa shape index (κ1) is 34.0. The van der Waals surface area contributed by atoms with E-state index in [4.69, 9.17) is 0 Å². The molecule has 0 amide bonds. The van der Waals surface area contributed by atoms with Crippen molar-refractivity contribution in [1.29, 1.82) is 0 Å². The first-order valence-electron chi connectivity index (χ1n) is 19.6. The molecule has 0 aliphatic carbocycles. The van der Waals surface area contributed by atoms with Crippen LogP contribution in [0.1, 0.15) is 0 Å². The molecule has 0 fully saturated rings. The number of nitrogens with zero attached hydrogens (tertiary/aromatic N) is 1. The lowest BCUT2D eigenvalue weighted by Gasteiger charge is -2.30. The van der Waals surface area contributed by atoms with E-state index in [1.807, 2.05) is 0 Å². The van der Waals surface area contributed by atoms with Crippen molar-refractivity contribution >= 4 is 38.6 Å². The van der Waals surface area contributed by atoms with Crippen molar-refractivity contribution in [2.24, 2.45) is 0 Å². The minimum atomic E-state index is 1.08. The molecule has 0 atom stereocenters. The number of hydrogen-bond donors (Lipinski definition) is 0. The van der Waals surface area contributed by atoms with E-state index in [1.165, 1.54) is 77.2 Å². The summed E-state index contributed by atoms with van der Waals surface area (Å²) in [6.45, 7) is 0. The summed E-state index contributed by atoms with van der Waals surface area (Å²) in [5.41, 5.74) is 15.2. The van der Waals surface area contributed by atoms with Gasteiger partial charge in [0.05, 0.1) is 5.69 Å². The van der Waals surface area contributed by atoms with Crippen LogP contribution < -0.4 is 4.90 Å². The number of hydrogen-bond acceptors (Lipinski definition) is 1. The lowest BCUT2D eigenvalue weighted by Crippen LogP contribution is -2.11. The van der Waals surface area contributed by atoms with Crippen molar-refractivity contribution in [2.75, 3.05) is 4.90 Å². The SMILES string of the molecule is c1ccc(-c2cccc(N(c3ccc(-c4ccccc4)c(-c4ccccc4)c3)c3cccc4c3c(-c3ccccc3)c(-c3ccccc3)c3ccccc34)c2)cc1. The van der Waals surface area contributed by atoms with Crippen LogP contribution in [0.3, 0.4) is 0 Å². The molecule has 0 saturated heterocycles. The Morgan fingerprint density at radius 3 is 1.33 bits per heavy atom. The fourth-order valence-electron chi connectivity index (χ4n) is 8.49. The molecule has 0 spiro atoms. The third kappa shape index (κ3) is 6.36. The Kier molecular flexibility index (Phi) is 8.95. The summed E-state index contributed by atoms with van der Waals surface area (Å²) in [4.78, 5) is 2.48. The summed E-state index contributed by atoms with van der Waals surface area (Å²) in [5, 5.41) is 4.90. The highest BCUT2D eigenvalue weighted by Crippen LogP contribution is 2.51. The molecule has 268 valence electrons. The van der Waals surface area contributed by atoms with Gasteiger partial charge in [0.2, 0.25) is 0 Å². The minimum absolute atomic E-state index is 1.08. The van der Waals surface area contributed by atoms with Gasteiger partial charge in [-0.05, 0) is 96.6 Å². The van der Waals surface area contributed by atoms with Crippen LogP contribution in [0.5, 0.6) is 0 Å². The summed E-state index contributed by atoms with van der Waals surface area (Å²) in [6.07, 6.45) is 0. The van der Waals surface area contributed by atoms with Crippen LogP contribution in [0.15, 0.2) is 237 Å². The quantitative estimate of drug-likeness (QED) is 0.141. The predicted octanol–water partition coefficient (Wildman–Crippen LogP) is 15.8. The first-order valence-corrected chi connectivity index (χ1v) is 19.6. The molecule has 10 aromatic carbocycles. The molecule has 0 aromatic heterocycles. The van der Waals surface area contributed by atoms with Gasteiger partial charge >= 0.3 is 0 Å². The normalized spacial score (nSPS) is 11.2. The van der Waals surface area contributed by atoms with Crippen molar-refractivity contribution in [2.45, 2.75) is 0 Å². The maximum Gasteiger partial charge on any atom is 0.0546 e. The van der Waals surface area contributed by atoms with Gasteiger partial charge in [0, 0.05) is 22.3 Å². The van der Waals surface area contributed by atoms with Crippen LogP contribution >= 0.6 is 0 Å². The van der Waals surface area contributed by atoms with E-state index in [2.05, 4.69) is 241 Å². The fraction of sp³-hybridized carbons (Fsp3) is 0. The van der Waals surface area contributed by atoms with E-state index in [1.54, 1.807) is 0 Å². The summed E-state index contributed by atoms with van der Waals surface area (Å²) >= 11 is 0. The van der Waals surface area contributed by atoms with Crippen molar-refractivity contribution < 1.29 is 0 Å². The van der Waals surface area contributed by atoms with Gasteiger partial charge < -0.3 is 4.90 Å². The predicted molar refractivity (Wildman–Crippen MR) is 243 cm³/mol. The Morgan fingerprint density at radius 1 is 0.246 bits per heavy atom. The van der Waals surface area contributed by atoms with E-state index in [0.717, 1.165) is 17.1 Å². The zero-order chi connectivity index (χ0) is 38.0. The molecule has 0 N–H and O–H groups in total. The topological polar surface area (TPSA) is 3.24 Å². The van der Waals surface area contributed by atoms with Crippen LogP contribution in [0.2, 0.25) is 0 Å². The first-order chi connectivity index (χ1) is 28.3. The molecule has 0 bridgehead atoms. The maximum atomic E-state index is 2.48. The molecule has 1 nitrogen and oxygen atoms in total. The van der Waals surface area contributed by atoms with Gasteiger partial charge in [-0.1, -0.05) is 206 Å². The molecular formula is C56H39N. The zero-order valence-electron chi connectivity index (χ0n) is 31.5. The molecule has 0 aliphatic rings. The highest BCUT2D eigenvalue weighted by molar-refractivity contribution is 6.25. The summed E-state index contributed by atoms with van der Waals surface area (Å²) in [6, 6.07) is 85.7. The molecule has 0 radical (unpaired) electrons. The summed E-state index contributed by atoms with van der Waals surface area (Å²) in [5.74, 6) is 0. The Morgan fingerprint density at radius 2 is 0.702 bits per heavy atom. The molecule has 0 aliphatic heterocycles. The second-order valence-corrected chi connectivity index (χ2v) is 14.4. The Bertz CT molecular complexity index is 2970. The minimum Gasteiger partial charge on any atom is -0.310 e. The van der Waals surface area contributed by atoms with E-state index in [-0.39, 0.29) is 0 Å². The second kappa shape index (κ2) is 15.0. The van der Waals surface area contributed by atoms with Gasteiger partial charge in [0.1, 0.15) is 0 Å². The van der Waals surface area contributed by atoms with E-state index < -0.39 is 0 Å². The van der Waals surface area contributed by atoms with Crippen LogP contribution in [-0.4, -0.2) is 0 Å². The average molecular weight is 726 g/mol. The number of benzene rings is 10. The maximum absolute atomic E-state index is 2.48. The van der Waals surface area contributed by atoms with Gasteiger partial charge in [-0.2, -0.15) is 0 Å². The molecule has 0 unspecified atom stereocenters. The number of fused-ring (bicyclic) bond motifs is 3. The monoisotopic (exact) mass is 725 g/mol. The molecule has 0 heterocycles. The Balaban J connectivity index is 1.34. The van der Waals surface area contributed by atoms with Crippen molar-refractivity contribution in [3.05, 3.63) is 237 Å². The lowest BCUT2D eigenvalue weighted by atomic mass is 9.84. The lowest BCUT2D eigenvalue weighted by molar-refractivity contribution is 1.30. The smallest absolute Gasteiger partial charge is 0.0546 e. The van der Waals surface area contributed by atoms with Gasteiger partial charge in [0.15, 0.2) is 0 Å². The average Bonchev–Trinajstić information content (AvgIpc) is 3.30. The fourth-order valence-corrected chi connectivity index (χ4v) is 8.49. The highest BCUT2D eigenvalue weighted by atomic mass is 15.1.